The van der Waals surface area contributed by atoms with Crippen LogP contribution in [-0.2, 0) is 14.3 Å². The topological polar surface area (TPSA) is 95.9 Å². The van der Waals surface area contributed by atoms with Gasteiger partial charge in [-0.3, -0.25) is 9.59 Å². The van der Waals surface area contributed by atoms with Gasteiger partial charge in [-0.15, -0.1) is 0 Å². The first kappa shape index (κ1) is 23.8. The van der Waals surface area contributed by atoms with Crippen molar-refractivity contribution in [3.63, 3.8) is 0 Å². The van der Waals surface area contributed by atoms with Crippen LogP contribution in [0.5, 0.6) is 0 Å². The van der Waals surface area contributed by atoms with Crippen LogP contribution in [0.1, 0.15) is 44.2 Å². The summed E-state index contributed by atoms with van der Waals surface area (Å²) >= 11 is 0. The maximum atomic E-state index is 12.6. The summed E-state index contributed by atoms with van der Waals surface area (Å²) in [5.41, 5.74) is 3.81. The van der Waals surface area contributed by atoms with Gasteiger partial charge in [-0.2, -0.15) is 0 Å². The number of alkyl carbamates (subject to hydrolysis) is 1. The standard InChI is InChI=1S/C27H32N2O5/c1-17(2)18(12-24(30)29-15-27(3,16-29)25(31)32)13-28-26(33)34-14-23-21-10-6-4-8-19(21)20-9-5-7-11-22(20)23/h4-11,17-18,23H,12-16H2,1-3H3,(H,28,33)(H,31,32). The minimum atomic E-state index is -0.881. The fourth-order valence-electron chi connectivity index (χ4n) is 4.87. The Bertz CT molecular complexity index is 1040. The summed E-state index contributed by atoms with van der Waals surface area (Å²) in [6.07, 6.45) is -0.237. The second-order valence-corrected chi connectivity index (χ2v) is 10.0. The van der Waals surface area contributed by atoms with Crippen LogP contribution in [0, 0.1) is 17.3 Å². The molecule has 0 saturated carbocycles. The molecular formula is C27H32N2O5. The van der Waals surface area contributed by atoms with E-state index in [2.05, 4.69) is 29.6 Å². The van der Waals surface area contributed by atoms with E-state index in [4.69, 9.17) is 4.74 Å². The van der Waals surface area contributed by atoms with Gasteiger partial charge in [0.05, 0.1) is 5.41 Å². The molecule has 2 amide bonds. The number of nitrogens with one attached hydrogen (secondary N) is 1. The molecule has 1 aliphatic heterocycles. The summed E-state index contributed by atoms with van der Waals surface area (Å²) in [5, 5.41) is 12.1. The van der Waals surface area contributed by atoms with Crippen LogP contribution in [-0.4, -0.2) is 54.2 Å². The first-order chi connectivity index (χ1) is 16.2. The van der Waals surface area contributed by atoms with E-state index in [1.165, 1.54) is 11.1 Å². The van der Waals surface area contributed by atoms with Crippen molar-refractivity contribution in [2.45, 2.75) is 33.1 Å². The van der Waals surface area contributed by atoms with E-state index >= 15 is 0 Å². The molecule has 2 aromatic carbocycles. The van der Waals surface area contributed by atoms with Crippen LogP contribution in [0.4, 0.5) is 4.79 Å². The molecule has 7 nitrogen and oxygen atoms in total. The number of benzene rings is 2. The number of ether oxygens (including phenoxy) is 1. The Kier molecular flexibility index (Phi) is 6.64. The maximum absolute atomic E-state index is 12.6. The minimum Gasteiger partial charge on any atom is -0.481 e. The average Bonchev–Trinajstić information content (AvgIpc) is 3.11. The number of nitrogens with zero attached hydrogens (tertiary/aromatic N) is 1. The van der Waals surface area contributed by atoms with E-state index < -0.39 is 17.5 Å². The molecule has 0 bridgehead atoms. The Labute approximate surface area is 200 Å². The number of hydrogen-bond acceptors (Lipinski definition) is 4. The van der Waals surface area contributed by atoms with Gasteiger partial charge < -0.3 is 20.1 Å². The van der Waals surface area contributed by atoms with Crippen LogP contribution in [0.15, 0.2) is 48.5 Å². The van der Waals surface area contributed by atoms with Crippen LogP contribution in [0.3, 0.4) is 0 Å². The van der Waals surface area contributed by atoms with Crippen LogP contribution in [0.25, 0.3) is 11.1 Å². The number of carbonyl (C=O) groups is 3. The van der Waals surface area contributed by atoms with Crippen LogP contribution >= 0.6 is 0 Å². The highest BCUT2D eigenvalue weighted by atomic mass is 16.5. The molecule has 0 spiro atoms. The lowest BCUT2D eigenvalue weighted by molar-refractivity contribution is -0.164. The zero-order valence-corrected chi connectivity index (χ0v) is 19.9. The summed E-state index contributed by atoms with van der Waals surface area (Å²) in [6, 6.07) is 16.4. The molecule has 0 aromatic heterocycles. The quantitative estimate of drug-likeness (QED) is 0.613. The summed E-state index contributed by atoms with van der Waals surface area (Å²) in [7, 11) is 0. The van der Waals surface area contributed by atoms with E-state index in [0.29, 0.717) is 6.54 Å². The van der Waals surface area contributed by atoms with E-state index in [0.717, 1.165) is 11.1 Å². The number of rotatable bonds is 8. The highest BCUT2D eigenvalue weighted by Gasteiger charge is 2.47. The Morgan fingerprint density at radius 2 is 1.62 bits per heavy atom. The smallest absolute Gasteiger partial charge is 0.407 e. The fourth-order valence-corrected chi connectivity index (χ4v) is 4.87. The van der Waals surface area contributed by atoms with E-state index in [1.807, 2.05) is 38.1 Å². The van der Waals surface area contributed by atoms with Crippen molar-refractivity contribution < 1.29 is 24.2 Å². The van der Waals surface area contributed by atoms with Crippen LogP contribution in [0.2, 0.25) is 0 Å². The predicted octanol–water partition coefficient (Wildman–Crippen LogP) is 4.12. The zero-order chi connectivity index (χ0) is 24.5. The molecule has 4 rings (SSSR count). The van der Waals surface area contributed by atoms with E-state index in [-0.39, 0.29) is 49.8 Å². The summed E-state index contributed by atoms with van der Waals surface area (Å²) < 4.78 is 5.60. The van der Waals surface area contributed by atoms with Gasteiger partial charge in [0, 0.05) is 32.0 Å². The van der Waals surface area contributed by atoms with E-state index in [9.17, 15) is 19.5 Å². The number of carboxylic acid groups (broad SMARTS) is 1. The normalized spacial score (nSPS) is 16.9. The molecule has 7 heteroatoms. The van der Waals surface area contributed by atoms with Crippen molar-refractivity contribution in [3.8, 4) is 11.1 Å². The van der Waals surface area contributed by atoms with Crippen molar-refractivity contribution in [2.24, 2.45) is 17.3 Å². The molecule has 34 heavy (non-hydrogen) atoms. The highest BCUT2D eigenvalue weighted by molar-refractivity contribution is 5.83. The molecule has 1 fully saturated rings. The number of fused-ring (bicyclic) bond motifs is 3. The zero-order valence-electron chi connectivity index (χ0n) is 19.9. The third-order valence-corrected chi connectivity index (χ3v) is 7.18. The monoisotopic (exact) mass is 464 g/mol. The number of amides is 2. The van der Waals surface area contributed by atoms with Crippen molar-refractivity contribution >= 4 is 18.0 Å². The molecule has 1 heterocycles. The predicted molar refractivity (Wildman–Crippen MR) is 128 cm³/mol. The lowest BCUT2D eigenvalue weighted by atomic mass is 9.81. The summed E-state index contributed by atoms with van der Waals surface area (Å²) in [5.74, 6) is -0.856. The molecule has 1 saturated heterocycles. The SMILES string of the molecule is CC(C)C(CNC(=O)OCC1c2ccccc2-c2ccccc21)CC(=O)N1CC(C)(C(=O)O)C1. The first-order valence-corrected chi connectivity index (χ1v) is 11.8. The Morgan fingerprint density at radius 3 is 2.15 bits per heavy atom. The molecule has 0 radical (unpaired) electrons. The molecular weight excluding hydrogens is 432 g/mol. The molecule has 2 aliphatic rings. The van der Waals surface area contributed by atoms with Gasteiger partial charge in [0.1, 0.15) is 6.61 Å². The van der Waals surface area contributed by atoms with Gasteiger partial charge in [0.25, 0.3) is 0 Å². The van der Waals surface area contributed by atoms with Gasteiger partial charge in [-0.05, 0) is 41.0 Å². The Balaban J connectivity index is 1.29. The molecule has 180 valence electrons. The number of likely N-dealkylation sites (tertiary alicyclic amines) is 1. The number of carboxylic acids is 1. The highest BCUT2D eigenvalue weighted by Crippen LogP contribution is 2.44. The lowest BCUT2D eigenvalue weighted by Gasteiger charge is -2.45. The number of hydrogen-bond donors (Lipinski definition) is 2. The van der Waals surface area contributed by atoms with Crippen molar-refractivity contribution in [1.82, 2.24) is 10.2 Å². The Hall–Kier alpha value is -3.35. The first-order valence-electron chi connectivity index (χ1n) is 11.8. The number of aliphatic carboxylic acids is 1. The second-order valence-electron chi connectivity index (χ2n) is 10.0. The third-order valence-electron chi connectivity index (χ3n) is 7.18. The Morgan fingerprint density at radius 1 is 1.06 bits per heavy atom. The largest absolute Gasteiger partial charge is 0.481 e. The molecule has 2 N–H and O–H groups in total. The van der Waals surface area contributed by atoms with Gasteiger partial charge in [-0.1, -0.05) is 62.4 Å². The summed E-state index contributed by atoms with van der Waals surface area (Å²) in [6.45, 7) is 6.69. The molecule has 1 aliphatic carbocycles. The molecule has 1 unspecified atom stereocenters. The number of carbonyl (C=O) groups excluding carboxylic acids is 2. The van der Waals surface area contributed by atoms with Gasteiger partial charge in [0.15, 0.2) is 0 Å². The van der Waals surface area contributed by atoms with Gasteiger partial charge in [-0.25, -0.2) is 4.79 Å². The van der Waals surface area contributed by atoms with Crippen LogP contribution < -0.4 is 5.32 Å². The lowest BCUT2D eigenvalue weighted by Crippen LogP contribution is -2.60. The summed E-state index contributed by atoms with van der Waals surface area (Å²) in [4.78, 5) is 38.0. The minimum absolute atomic E-state index is 0.00409. The van der Waals surface area contributed by atoms with Gasteiger partial charge >= 0.3 is 12.1 Å². The van der Waals surface area contributed by atoms with E-state index in [1.54, 1.807) is 11.8 Å². The molecule has 2 aromatic rings. The third kappa shape index (κ3) is 4.65. The molecule has 1 atom stereocenters. The van der Waals surface area contributed by atoms with Crippen molar-refractivity contribution in [3.05, 3.63) is 59.7 Å². The maximum Gasteiger partial charge on any atom is 0.407 e. The van der Waals surface area contributed by atoms with Crippen molar-refractivity contribution in [2.75, 3.05) is 26.2 Å². The average molecular weight is 465 g/mol. The van der Waals surface area contributed by atoms with Crippen molar-refractivity contribution in [1.29, 1.82) is 0 Å². The van der Waals surface area contributed by atoms with Gasteiger partial charge in [0.2, 0.25) is 5.91 Å². The second kappa shape index (κ2) is 9.49. The fraction of sp³-hybridized carbons (Fsp3) is 0.444.